The Kier molecular flexibility index (Phi) is 6.69. The third-order valence-corrected chi connectivity index (χ3v) is 2.99. The number of benzene rings is 1. The summed E-state index contributed by atoms with van der Waals surface area (Å²) in [4.78, 5) is 0. The van der Waals surface area contributed by atoms with Gasteiger partial charge >= 0.3 is 0 Å². The fourth-order valence-corrected chi connectivity index (χ4v) is 2.00. The van der Waals surface area contributed by atoms with Crippen LogP contribution < -0.4 is 0 Å². The minimum atomic E-state index is 0.137. The van der Waals surface area contributed by atoms with Crippen LogP contribution in [0.1, 0.15) is 23.7 Å². The molecule has 0 spiro atoms. The molecule has 0 fully saturated rings. The van der Waals surface area contributed by atoms with Crippen LogP contribution in [0.3, 0.4) is 0 Å². The van der Waals surface area contributed by atoms with E-state index in [0.717, 1.165) is 25.0 Å². The van der Waals surface area contributed by atoms with Crippen molar-refractivity contribution in [2.45, 2.75) is 19.4 Å². The Hall–Kier alpha value is -0.380. The molecule has 1 aromatic rings. The van der Waals surface area contributed by atoms with Crippen LogP contribution in [0.2, 0.25) is 0 Å². The standard InChI is InChI=1S/C13H19BrO2/c1-11-4-6-12(7-5-11)13(10-14)16-9-3-8-15-2/h4-7,13H,3,8-10H2,1-2H3. The van der Waals surface area contributed by atoms with Gasteiger partial charge in [0.2, 0.25) is 0 Å². The van der Waals surface area contributed by atoms with Crippen molar-refractivity contribution < 1.29 is 9.47 Å². The minimum Gasteiger partial charge on any atom is -0.385 e. The van der Waals surface area contributed by atoms with Crippen molar-refractivity contribution in [2.24, 2.45) is 0 Å². The van der Waals surface area contributed by atoms with Crippen LogP contribution >= 0.6 is 15.9 Å². The third kappa shape index (κ3) is 4.64. The molecule has 1 unspecified atom stereocenters. The maximum atomic E-state index is 5.79. The summed E-state index contributed by atoms with van der Waals surface area (Å²) in [5, 5.41) is 0.822. The molecule has 0 radical (unpaired) electrons. The van der Waals surface area contributed by atoms with Crippen LogP contribution in [0.4, 0.5) is 0 Å². The molecule has 0 bridgehead atoms. The van der Waals surface area contributed by atoms with Gasteiger partial charge in [0, 0.05) is 25.7 Å². The number of halogens is 1. The van der Waals surface area contributed by atoms with E-state index >= 15 is 0 Å². The van der Waals surface area contributed by atoms with Crippen LogP contribution in [-0.4, -0.2) is 25.7 Å². The van der Waals surface area contributed by atoms with E-state index in [0.29, 0.717) is 0 Å². The lowest BCUT2D eigenvalue weighted by atomic mass is 10.1. The molecule has 90 valence electrons. The average molecular weight is 287 g/mol. The number of hydrogen-bond acceptors (Lipinski definition) is 2. The number of alkyl halides is 1. The van der Waals surface area contributed by atoms with Crippen molar-refractivity contribution in [3.05, 3.63) is 35.4 Å². The molecular weight excluding hydrogens is 268 g/mol. The lowest BCUT2D eigenvalue weighted by Gasteiger charge is -2.15. The fourth-order valence-electron chi connectivity index (χ4n) is 1.44. The van der Waals surface area contributed by atoms with E-state index in [1.165, 1.54) is 11.1 Å². The van der Waals surface area contributed by atoms with Crippen molar-refractivity contribution >= 4 is 15.9 Å². The van der Waals surface area contributed by atoms with Gasteiger partial charge in [-0.1, -0.05) is 45.8 Å². The van der Waals surface area contributed by atoms with E-state index in [9.17, 15) is 0 Å². The van der Waals surface area contributed by atoms with E-state index in [1.807, 2.05) is 0 Å². The summed E-state index contributed by atoms with van der Waals surface area (Å²) in [5.41, 5.74) is 2.50. The quantitative estimate of drug-likeness (QED) is 0.564. The van der Waals surface area contributed by atoms with Gasteiger partial charge in [-0.25, -0.2) is 0 Å². The highest BCUT2D eigenvalue weighted by Gasteiger charge is 2.09. The van der Waals surface area contributed by atoms with Gasteiger partial charge in [0.25, 0.3) is 0 Å². The largest absolute Gasteiger partial charge is 0.385 e. The van der Waals surface area contributed by atoms with Gasteiger partial charge in [0.05, 0.1) is 6.10 Å². The maximum absolute atomic E-state index is 5.79. The molecule has 0 N–H and O–H groups in total. The molecule has 0 aliphatic rings. The summed E-state index contributed by atoms with van der Waals surface area (Å²) in [5.74, 6) is 0. The van der Waals surface area contributed by atoms with Gasteiger partial charge < -0.3 is 9.47 Å². The van der Waals surface area contributed by atoms with Gasteiger partial charge in [-0.3, -0.25) is 0 Å². The monoisotopic (exact) mass is 286 g/mol. The summed E-state index contributed by atoms with van der Waals surface area (Å²) in [6.45, 7) is 3.58. The molecule has 1 atom stereocenters. The first-order valence-electron chi connectivity index (χ1n) is 5.51. The zero-order chi connectivity index (χ0) is 11.8. The second-order valence-corrected chi connectivity index (χ2v) is 4.42. The second-order valence-electron chi connectivity index (χ2n) is 3.77. The zero-order valence-corrected chi connectivity index (χ0v) is 11.5. The minimum absolute atomic E-state index is 0.137. The molecule has 16 heavy (non-hydrogen) atoms. The highest BCUT2D eigenvalue weighted by molar-refractivity contribution is 9.09. The SMILES string of the molecule is COCCCOC(CBr)c1ccc(C)cc1. The lowest BCUT2D eigenvalue weighted by Crippen LogP contribution is -2.08. The Morgan fingerprint density at radius 1 is 1.19 bits per heavy atom. The van der Waals surface area contributed by atoms with Crippen LogP contribution in [0.15, 0.2) is 24.3 Å². The first-order valence-corrected chi connectivity index (χ1v) is 6.63. The molecule has 0 saturated carbocycles. The Bertz CT molecular complexity index is 284. The maximum Gasteiger partial charge on any atom is 0.0921 e. The first kappa shape index (κ1) is 13.7. The average Bonchev–Trinajstić information content (AvgIpc) is 2.31. The van der Waals surface area contributed by atoms with Gasteiger partial charge in [0.1, 0.15) is 0 Å². The third-order valence-electron chi connectivity index (χ3n) is 2.40. The highest BCUT2D eigenvalue weighted by Crippen LogP contribution is 2.20. The van der Waals surface area contributed by atoms with E-state index in [2.05, 4.69) is 47.1 Å². The Morgan fingerprint density at radius 3 is 2.44 bits per heavy atom. The Labute approximate surface area is 106 Å². The predicted octanol–water partition coefficient (Wildman–Crippen LogP) is 3.48. The van der Waals surface area contributed by atoms with Crippen LogP contribution in [0.5, 0.6) is 0 Å². The zero-order valence-electron chi connectivity index (χ0n) is 9.91. The van der Waals surface area contributed by atoms with Gasteiger partial charge in [-0.05, 0) is 18.9 Å². The number of rotatable bonds is 7. The fraction of sp³-hybridized carbons (Fsp3) is 0.538. The normalized spacial score (nSPS) is 12.7. The predicted molar refractivity (Wildman–Crippen MR) is 70.2 cm³/mol. The molecule has 0 aliphatic heterocycles. The number of ether oxygens (including phenoxy) is 2. The Morgan fingerprint density at radius 2 is 1.88 bits per heavy atom. The second kappa shape index (κ2) is 7.82. The number of methoxy groups -OCH3 is 1. The number of aryl methyl sites for hydroxylation is 1. The van der Waals surface area contributed by atoms with Crippen molar-refractivity contribution in [2.75, 3.05) is 25.7 Å². The van der Waals surface area contributed by atoms with Crippen molar-refractivity contribution in [3.8, 4) is 0 Å². The molecule has 0 heterocycles. The van der Waals surface area contributed by atoms with E-state index in [-0.39, 0.29) is 6.10 Å². The summed E-state index contributed by atoms with van der Waals surface area (Å²) in [6.07, 6.45) is 1.07. The summed E-state index contributed by atoms with van der Waals surface area (Å²) < 4.78 is 10.8. The van der Waals surface area contributed by atoms with E-state index in [4.69, 9.17) is 9.47 Å². The molecule has 3 heteroatoms. The molecule has 0 aromatic heterocycles. The van der Waals surface area contributed by atoms with Gasteiger partial charge in [-0.15, -0.1) is 0 Å². The lowest BCUT2D eigenvalue weighted by molar-refractivity contribution is 0.0532. The smallest absolute Gasteiger partial charge is 0.0921 e. The number of hydrogen-bond donors (Lipinski definition) is 0. The van der Waals surface area contributed by atoms with Crippen molar-refractivity contribution in [1.82, 2.24) is 0 Å². The van der Waals surface area contributed by atoms with Crippen LogP contribution in [0.25, 0.3) is 0 Å². The molecule has 0 saturated heterocycles. The molecule has 1 rings (SSSR count). The Balaban J connectivity index is 2.44. The molecule has 1 aromatic carbocycles. The molecule has 2 nitrogen and oxygen atoms in total. The van der Waals surface area contributed by atoms with Crippen LogP contribution in [0, 0.1) is 6.92 Å². The molecule has 0 amide bonds. The van der Waals surface area contributed by atoms with E-state index in [1.54, 1.807) is 7.11 Å². The summed E-state index contributed by atoms with van der Waals surface area (Å²) in [7, 11) is 1.71. The van der Waals surface area contributed by atoms with Crippen molar-refractivity contribution in [1.29, 1.82) is 0 Å². The summed E-state index contributed by atoms with van der Waals surface area (Å²) in [6, 6.07) is 8.47. The van der Waals surface area contributed by atoms with E-state index < -0.39 is 0 Å². The molecule has 0 aliphatic carbocycles. The topological polar surface area (TPSA) is 18.5 Å². The van der Waals surface area contributed by atoms with Gasteiger partial charge in [0.15, 0.2) is 0 Å². The van der Waals surface area contributed by atoms with Gasteiger partial charge in [-0.2, -0.15) is 0 Å². The summed E-state index contributed by atoms with van der Waals surface area (Å²) >= 11 is 3.48. The van der Waals surface area contributed by atoms with Crippen LogP contribution in [-0.2, 0) is 9.47 Å². The first-order chi connectivity index (χ1) is 7.77. The highest BCUT2D eigenvalue weighted by atomic mass is 79.9. The molecular formula is C13H19BrO2. The van der Waals surface area contributed by atoms with Crippen molar-refractivity contribution in [3.63, 3.8) is 0 Å².